The quantitative estimate of drug-likeness (QED) is 0.606. The Hall–Kier alpha value is -3.36. The number of benzene rings is 1. The average Bonchev–Trinajstić information content (AvgIpc) is 3.12. The number of aryl methyl sites for hydroxylation is 3. The van der Waals surface area contributed by atoms with Crippen LogP contribution in [-0.4, -0.2) is 37.8 Å². The van der Waals surface area contributed by atoms with Gasteiger partial charge in [-0.3, -0.25) is 14.2 Å². The van der Waals surface area contributed by atoms with E-state index < -0.39 is 23.8 Å². The molecular formula is C21H25N5O4. The molecule has 0 unspecified atom stereocenters. The van der Waals surface area contributed by atoms with Crippen molar-refractivity contribution < 1.29 is 9.53 Å². The van der Waals surface area contributed by atoms with Gasteiger partial charge in [-0.15, -0.1) is 0 Å². The number of nitrogens with zero attached hydrogens (tertiary/aromatic N) is 5. The van der Waals surface area contributed by atoms with E-state index in [2.05, 4.69) is 29.8 Å². The van der Waals surface area contributed by atoms with Gasteiger partial charge in [-0.05, 0) is 44.4 Å². The molecule has 1 aliphatic heterocycles. The van der Waals surface area contributed by atoms with E-state index in [0.29, 0.717) is 23.7 Å². The van der Waals surface area contributed by atoms with E-state index in [-0.39, 0.29) is 6.61 Å². The number of ether oxygens (including phenoxy) is 1. The summed E-state index contributed by atoms with van der Waals surface area (Å²) in [4.78, 5) is 44.7. The third-order valence-electron chi connectivity index (χ3n) is 5.68. The van der Waals surface area contributed by atoms with Crippen molar-refractivity contribution in [2.75, 3.05) is 18.1 Å². The van der Waals surface area contributed by atoms with Crippen molar-refractivity contribution in [1.29, 1.82) is 0 Å². The van der Waals surface area contributed by atoms with Crippen LogP contribution in [0.25, 0.3) is 11.2 Å². The van der Waals surface area contributed by atoms with Gasteiger partial charge in [0.1, 0.15) is 6.54 Å². The minimum absolute atomic E-state index is 0.184. The molecule has 0 saturated carbocycles. The molecule has 3 heterocycles. The molecule has 0 amide bonds. The van der Waals surface area contributed by atoms with Gasteiger partial charge in [0.15, 0.2) is 11.2 Å². The molecule has 0 bridgehead atoms. The lowest BCUT2D eigenvalue weighted by Crippen LogP contribution is -2.41. The van der Waals surface area contributed by atoms with Crippen LogP contribution in [0.3, 0.4) is 0 Å². The number of esters is 1. The number of carbonyl (C=O) groups is 1. The van der Waals surface area contributed by atoms with Crippen molar-refractivity contribution in [1.82, 2.24) is 18.7 Å². The third-order valence-corrected chi connectivity index (χ3v) is 5.68. The highest BCUT2D eigenvalue weighted by atomic mass is 16.5. The van der Waals surface area contributed by atoms with Gasteiger partial charge in [0.05, 0.1) is 6.61 Å². The Labute approximate surface area is 173 Å². The standard InChI is InChI=1S/C21H25N5O4/c1-5-30-16(27)12-26-19(28)17-18(23(4)21(26)29)22-20-24(10-7-11-25(17)20)15-9-6-8-13(2)14(15)3/h6,8-9H,5,7,10-12H2,1-4H3. The maximum absolute atomic E-state index is 13.2. The van der Waals surface area contributed by atoms with E-state index in [9.17, 15) is 14.4 Å². The summed E-state index contributed by atoms with van der Waals surface area (Å²) >= 11 is 0. The number of aromatic nitrogens is 4. The first-order valence-electron chi connectivity index (χ1n) is 10.0. The molecule has 2 aromatic heterocycles. The van der Waals surface area contributed by atoms with Gasteiger partial charge in [-0.25, -0.2) is 9.36 Å². The SMILES string of the molecule is CCOC(=O)Cn1c(=O)c2c(nc3n2CCCN3c2cccc(C)c2C)n(C)c1=O. The fourth-order valence-electron chi connectivity index (χ4n) is 4.00. The van der Waals surface area contributed by atoms with Crippen molar-refractivity contribution in [3.8, 4) is 0 Å². The Bertz CT molecular complexity index is 1270. The van der Waals surface area contributed by atoms with Crippen LogP contribution in [0, 0.1) is 13.8 Å². The Morgan fingerprint density at radius 3 is 2.70 bits per heavy atom. The van der Waals surface area contributed by atoms with E-state index in [1.54, 1.807) is 14.0 Å². The molecule has 0 spiro atoms. The van der Waals surface area contributed by atoms with Crippen LogP contribution in [-0.2, 0) is 29.7 Å². The van der Waals surface area contributed by atoms with Gasteiger partial charge in [0, 0.05) is 25.8 Å². The van der Waals surface area contributed by atoms with E-state index in [0.717, 1.165) is 28.8 Å². The van der Waals surface area contributed by atoms with Crippen molar-refractivity contribution >= 4 is 28.8 Å². The summed E-state index contributed by atoms with van der Waals surface area (Å²) in [5.41, 5.74) is 2.88. The molecule has 1 aliphatic rings. The first-order valence-corrected chi connectivity index (χ1v) is 10.0. The van der Waals surface area contributed by atoms with Crippen LogP contribution in [0.1, 0.15) is 24.5 Å². The van der Waals surface area contributed by atoms with Crippen molar-refractivity contribution in [2.24, 2.45) is 7.05 Å². The largest absolute Gasteiger partial charge is 0.465 e. The highest BCUT2D eigenvalue weighted by molar-refractivity contribution is 5.78. The van der Waals surface area contributed by atoms with E-state index in [1.807, 2.05) is 16.7 Å². The summed E-state index contributed by atoms with van der Waals surface area (Å²) in [5.74, 6) is 0.0115. The fourth-order valence-corrected chi connectivity index (χ4v) is 4.00. The number of hydrogen-bond acceptors (Lipinski definition) is 6. The molecule has 0 saturated heterocycles. The van der Waals surface area contributed by atoms with Crippen LogP contribution < -0.4 is 16.1 Å². The topological polar surface area (TPSA) is 91.4 Å². The number of rotatable bonds is 4. The number of anilines is 2. The minimum atomic E-state index is -0.619. The summed E-state index contributed by atoms with van der Waals surface area (Å²) in [7, 11) is 1.56. The van der Waals surface area contributed by atoms with Crippen molar-refractivity contribution in [2.45, 2.75) is 40.3 Å². The van der Waals surface area contributed by atoms with Crippen LogP contribution in [0.2, 0.25) is 0 Å². The maximum atomic E-state index is 13.2. The lowest BCUT2D eigenvalue weighted by atomic mass is 10.1. The van der Waals surface area contributed by atoms with Gasteiger partial charge in [-0.2, -0.15) is 4.98 Å². The normalized spacial score (nSPS) is 13.5. The molecule has 1 aromatic carbocycles. The van der Waals surface area contributed by atoms with E-state index in [4.69, 9.17) is 4.74 Å². The third kappa shape index (κ3) is 3.01. The first kappa shape index (κ1) is 19.9. The molecule has 9 heteroatoms. The zero-order valence-electron chi connectivity index (χ0n) is 17.6. The number of fused-ring (bicyclic) bond motifs is 3. The van der Waals surface area contributed by atoms with Gasteiger partial charge in [0.2, 0.25) is 5.95 Å². The summed E-state index contributed by atoms with van der Waals surface area (Å²) in [6.45, 7) is 6.94. The predicted octanol–water partition coefficient (Wildman–Crippen LogP) is 1.62. The summed E-state index contributed by atoms with van der Waals surface area (Å²) in [6, 6.07) is 6.10. The van der Waals surface area contributed by atoms with Gasteiger partial charge in [-0.1, -0.05) is 12.1 Å². The summed E-state index contributed by atoms with van der Waals surface area (Å²) in [5, 5.41) is 0. The van der Waals surface area contributed by atoms with Crippen LogP contribution in [0.5, 0.6) is 0 Å². The molecule has 9 nitrogen and oxygen atoms in total. The van der Waals surface area contributed by atoms with Crippen LogP contribution in [0.15, 0.2) is 27.8 Å². The Morgan fingerprint density at radius 1 is 1.20 bits per heavy atom. The lowest BCUT2D eigenvalue weighted by molar-refractivity contribution is -0.143. The molecule has 158 valence electrons. The van der Waals surface area contributed by atoms with Crippen molar-refractivity contribution in [3.05, 3.63) is 50.2 Å². The molecule has 4 rings (SSSR count). The number of hydrogen-bond donors (Lipinski definition) is 0. The molecular weight excluding hydrogens is 386 g/mol. The van der Waals surface area contributed by atoms with Gasteiger partial charge < -0.3 is 14.2 Å². The second-order valence-corrected chi connectivity index (χ2v) is 7.50. The maximum Gasteiger partial charge on any atom is 0.333 e. The van der Waals surface area contributed by atoms with Crippen molar-refractivity contribution in [3.63, 3.8) is 0 Å². The first-order chi connectivity index (χ1) is 14.3. The fraction of sp³-hybridized carbons (Fsp3) is 0.429. The number of carbonyl (C=O) groups excluding carboxylic acids is 1. The monoisotopic (exact) mass is 411 g/mol. The van der Waals surface area contributed by atoms with Crippen LogP contribution >= 0.6 is 0 Å². The average molecular weight is 411 g/mol. The molecule has 3 aromatic rings. The smallest absolute Gasteiger partial charge is 0.333 e. The molecule has 0 radical (unpaired) electrons. The zero-order valence-corrected chi connectivity index (χ0v) is 17.6. The molecule has 0 atom stereocenters. The Morgan fingerprint density at radius 2 is 1.97 bits per heavy atom. The zero-order chi connectivity index (χ0) is 21.6. The molecule has 0 N–H and O–H groups in total. The number of imidazole rings is 1. The molecule has 30 heavy (non-hydrogen) atoms. The highest BCUT2D eigenvalue weighted by Gasteiger charge is 2.28. The Kier molecular flexibility index (Phi) is 4.97. The summed E-state index contributed by atoms with van der Waals surface area (Å²) < 4.78 is 9.02. The van der Waals surface area contributed by atoms with E-state index >= 15 is 0 Å². The molecule has 0 fully saturated rings. The minimum Gasteiger partial charge on any atom is -0.465 e. The lowest BCUT2D eigenvalue weighted by Gasteiger charge is -2.30. The Balaban J connectivity index is 1.94. The van der Waals surface area contributed by atoms with Gasteiger partial charge >= 0.3 is 11.7 Å². The summed E-state index contributed by atoms with van der Waals surface area (Å²) in [6.07, 6.45) is 0.825. The van der Waals surface area contributed by atoms with E-state index in [1.165, 1.54) is 10.1 Å². The highest BCUT2D eigenvalue weighted by Crippen LogP contribution is 2.33. The second-order valence-electron chi connectivity index (χ2n) is 7.50. The second kappa shape index (κ2) is 7.47. The van der Waals surface area contributed by atoms with Gasteiger partial charge in [0.25, 0.3) is 5.56 Å². The van der Waals surface area contributed by atoms with Crippen LogP contribution in [0.4, 0.5) is 11.6 Å². The molecule has 0 aliphatic carbocycles. The predicted molar refractivity (Wildman–Crippen MR) is 113 cm³/mol.